The maximum absolute atomic E-state index is 12.2. The number of rotatable bonds is 4. The number of fused-ring (bicyclic) bond motifs is 1. The third kappa shape index (κ3) is 4.24. The predicted molar refractivity (Wildman–Crippen MR) is 118 cm³/mol. The molecular weight excluding hydrogens is 368 g/mol. The Morgan fingerprint density at radius 1 is 1.18 bits per heavy atom. The number of nitrogens with zero attached hydrogens (tertiary/aromatic N) is 3. The van der Waals surface area contributed by atoms with Crippen LogP contribution in [0.15, 0.2) is 47.9 Å². The summed E-state index contributed by atoms with van der Waals surface area (Å²) >= 11 is 1.61. The Morgan fingerprint density at radius 3 is 2.75 bits per heavy atom. The van der Waals surface area contributed by atoms with Crippen molar-refractivity contribution in [2.75, 3.05) is 43.4 Å². The fourth-order valence-corrected chi connectivity index (χ4v) is 4.00. The minimum Gasteiger partial charge on any atom is -0.354 e. The summed E-state index contributed by atoms with van der Waals surface area (Å²) in [6.45, 7) is 6.22. The van der Waals surface area contributed by atoms with E-state index in [2.05, 4.69) is 35.2 Å². The summed E-state index contributed by atoms with van der Waals surface area (Å²) in [6.07, 6.45) is 3.40. The van der Waals surface area contributed by atoms with Gasteiger partial charge in [-0.1, -0.05) is 6.07 Å². The first-order chi connectivity index (χ1) is 13.6. The number of carbonyl (C=O) groups excluding carboxylic acids is 1. The summed E-state index contributed by atoms with van der Waals surface area (Å²) in [5, 5.41) is 6.00. The Bertz CT molecular complexity index is 1000. The Morgan fingerprint density at radius 2 is 2.00 bits per heavy atom. The largest absolute Gasteiger partial charge is 0.354 e. The van der Waals surface area contributed by atoms with Crippen LogP contribution in [-0.4, -0.2) is 49.0 Å². The molecule has 0 saturated carbocycles. The van der Waals surface area contributed by atoms with Gasteiger partial charge in [-0.3, -0.25) is 4.79 Å². The predicted octanol–water partition coefficient (Wildman–Crippen LogP) is 4.01. The molecule has 0 unspecified atom stereocenters. The fourth-order valence-electron chi connectivity index (χ4n) is 3.38. The highest BCUT2D eigenvalue weighted by atomic mass is 32.1. The van der Waals surface area contributed by atoms with Gasteiger partial charge < -0.3 is 15.1 Å². The van der Waals surface area contributed by atoms with Crippen molar-refractivity contribution in [3.05, 3.63) is 58.3 Å². The Labute approximate surface area is 169 Å². The van der Waals surface area contributed by atoms with Gasteiger partial charge in [0.1, 0.15) is 5.82 Å². The number of amides is 1. The number of pyridine rings is 1. The second-order valence-corrected chi connectivity index (χ2v) is 8.14. The topological polar surface area (TPSA) is 48.5 Å². The molecule has 28 heavy (non-hydrogen) atoms. The number of likely N-dealkylation sites (N-methyl/N-ethyl adjacent to an activating group) is 1. The number of thiophene rings is 1. The van der Waals surface area contributed by atoms with Crippen molar-refractivity contribution in [2.24, 2.45) is 0 Å². The molecule has 2 aromatic heterocycles. The molecule has 4 rings (SSSR count). The quantitative estimate of drug-likeness (QED) is 0.682. The van der Waals surface area contributed by atoms with E-state index in [0.717, 1.165) is 53.5 Å². The van der Waals surface area contributed by atoms with Gasteiger partial charge in [-0.15, -0.1) is 11.3 Å². The van der Waals surface area contributed by atoms with Crippen LogP contribution < -0.4 is 10.2 Å². The first-order valence-electron chi connectivity index (χ1n) is 9.46. The normalized spacial score (nSPS) is 15.4. The summed E-state index contributed by atoms with van der Waals surface area (Å²) < 4.78 is 0. The van der Waals surface area contributed by atoms with Crippen LogP contribution in [-0.2, 0) is 4.79 Å². The van der Waals surface area contributed by atoms with Crippen molar-refractivity contribution in [1.29, 1.82) is 0 Å². The smallest absolute Gasteiger partial charge is 0.248 e. The van der Waals surface area contributed by atoms with Crippen LogP contribution in [0.3, 0.4) is 0 Å². The van der Waals surface area contributed by atoms with Crippen molar-refractivity contribution in [1.82, 2.24) is 9.88 Å². The van der Waals surface area contributed by atoms with Crippen molar-refractivity contribution in [2.45, 2.75) is 6.92 Å². The van der Waals surface area contributed by atoms with Gasteiger partial charge in [0.2, 0.25) is 5.91 Å². The van der Waals surface area contributed by atoms with E-state index in [0.29, 0.717) is 0 Å². The standard InChI is InChI=1S/C22H24N4OS/c1-16-14-21(26-11-9-25(2)10-12-26)24-20-7-5-17(15-19(16)20)23-22(27)8-6-18-4-3-13-28-18/h3-8,13-15H,9-12H2,1-2H3,(H,23,27)/b8-6-. The van der Waals surface area contributed by atoms with Gasteiger partial charge >= 0.3 is 0 Å². The zero-order chi connectivity index (χ0) is 19.5. The molecule has 0 aliphatic carbocycles. The highest BCUT2D eigenvalue weighted by Gasteiger charge is 2.16. The van der Waals surface area contributed by atoms with Crippen LogP contribution in [0.1, 0.15) is 10.4 Å². The minimum atomic E-state index is -0.132. The molecule has 1 saturated heterocycles. The number of benzene rings is 1. The third-order valence-corrected chi connectivity index (χ3v) is 5.88. The van der Waals surface area contributed by atoms with E-state index in [1.165, 1.54) is 5.56 Å². The number of piperazine rings is 1. The monoisotopic (exact) mass is 392 g/mol. The summed E-state index contributed by atoms with van der Waals surface area (Å²) in [6, 6.07) is 12.0. The van der Waals surface area contributed by atoms with Crippen molar-refractivity contribution >= 4 is 45.7 Å². The molecule has 1 amide bonds. The summed E-state index contributed by atoms with van der Waals surface area (Å²) in [5.41, 5.74) is 2.91. The van der Waals surface area contributed by atoms with Gasteiger partial charge in [0.05, 0.1) is 5.52 Å². The SMILES string of the molecule is Cc1cc(N2CCN(C)CC2)nc2ccc(NC(=O)/C=C\c3cccs3)cc12. The Kier molecular flexibility index (Phi) is 5.41. The van der Waals surface area contributed by atoms with Crippen LogP contribution in [0, 0.1) is 6.92 Å². The first kappa shape index (κ1) is 18.7. The lowest BCUT2D eigenvalue weighted by Crippen LogP contribution is -2.44. The van der Waals surface area contributed by atoms with E-state index in [-0.39, 0.29) is 5.91 Å². The lowest BCUT2D eigenvalue weighted by atomic mass is 10.1. The number of anilines is 2. The van der Waals surface area contributed by atoms with Crippen LogP contribution >= 0.6 is 11.3 Å². The second-order valence-electron chi connectivity index (χ2n) is 7.16. The van der Waals surface area contributed by atoms with Crippen LogP contribution in [0.25, 0.3) is 17.0 Å². The number of aromatic nitrogens is 1. The molecule has 0 spiro atoms. The molecule has 0 radical (unpaired) electrons. The molecule has 1 aliphatic rings. The number of nitrogens with one attached hydrogen (secondary N) is 1. The van der Waals surface area contributed by atoms with Gasteiger partial charge in [0, 0.05) is 48.2 Å². The average molecular weight is 393 g/mol. The molecule has 1 aromatic carbocycles. The number of carbonyl (C=O) groups is 1. The molecule has 6 heteroatoms. The van der Waals surface area contributed by atoms with Crippen LogP contribution in [0.5, 0.6) is 0 Å². The van der Waals surface area contributed by atoms with Crippen molar-refractivity contribution in [3.8, 4) is 0 Å². The van der Waals surface area contributed by atoms with Crippen LogP contribution in [0.4, 0.5) is 11.5 Å². The Balaban J connectivity index is 1.51. The number of hydrogen-bond donors (Lipinski definition) is 1. The van der Waals surface area contributed by atoms with E-state index >= 15 is 0 Å². The van der Waals surface area contributed by atoms with Gasteiger partial charge in [-0.05, 0) is 61.3 Å². The van der Waals surface area contributed by atoms with E-state index in [1.807, 2.05) is 41.8 Å². The zero-order valence-corrected chi connectivity index (χ0v) is 17.0. The molecule has 3 aromatic rings. The van der Waals surface area contributed by atoms with Gasteiger partial charge in [-0.25, -0.2) is 4.98 Å². The fraction of sp³-hybridized carbons (Fsp3) is 0.273. The molecule has 3 heterocycles. The molecule has 5 nitrogen and oxygen atoms in total. The third-order valence-electron chi connectivity index (χ3n) is 5.04. The molecular formula is C22H24N4OS. The number of aryl methyl sites for hydroxylation is 1. The molecule has 1 N–H and O–H groups in total. The average Bonchev–Trinajstić information content (AvgIpc) is 3.21. The highest BCUT2D eigenvalue weighted by Crippen LogP contribution is 2.26. The summed E-state index contributed by atoms with van der Waals surface area (Å²) in [4.78, 5) is 22.8. The van der Waals surface area contributed by atoms with Crippen LogP contribution in [0.2, 0.25) is 0 Å². The lowest BCUT2D eigenvalue weighted by molar-refractivity contribution is -0.111. The summed E-state index contributed by atoms with van der Waals surface area (Å²) in [5.74, 6) is 0.904. The Hall–Kier alpha value is -2.70. The van der Waals surface area contributed by atoms with E-state index in [1.54, 1.807) is 17.4 Å². The first-order valence-corrected chi connectivity index (χ1v) is 10.3. The minimum absolute atomic E-state index is 0.132. The molecule has 144 valence electrons. The van der Waals surface area contributed by atoms with E-state index in [9.17, 15) is 4.79 Å². The van der Waals surface area contributed by atoms with Gasteiger partial charge in [-0.2, -0.15) is 0 Å². The van der Waals surface area contributed by atoms with Crippen molar-refractivity contribution in [3.63, 3.8) is 0 Å². The highest BCUT2D eigenvalue weighted by molar-refractivity contribution is 7.10. The summed E-state index contributed by atoms with van der Waals surface area (Å²) in [7, 11) is 2.15. The second kappa shape index (κ2) is 8.12. The van der Waals surface area contributed by atoms with Crippen molar-refractivity contribution < 1.29 is 4.79 Å². The van der Waals surface area contributed by atoms with E-state index in [4.69, 9.17) is 4.98 Å². The number of hydrogen-bond acceptors (Lipinski definition) is 5. The van der Waals surface area contributed by atoms with Gasteiger partial charge in [0.25, 0.3) is 0 Å². The lowest BCUT2D eigenvalue weighted by Gasteiger charge is -2.33. The maximum Gasteiger partial charge on any atom is 0.248 e. The van der Waals surface area contributed by atoms with Gasteiger partial charge in [0.15, 0.2) is 0 Å². The maximum atomic E-state index is 12.2. The molecule has 0 atom stereocenters. The van der Waals surface area contributed by atoms with E-state index < -0.39 is 0 Å². The molecule has 1 aliphatic heterocycles. The zero-order valence-electron chi connectivity index (χ0n) is 16.2. The molecule has 0 bridgehead atoms. The molecule has 1 fully saturated rings.